The zero-order valence-electron chi connectivity index (χ0n) is 14.7. The minimum absolute atomic E-state index is 0.208. The Morgan fingerprint density at radius 3 is 2.78 bits per heavy atom. The van der Waals surface area contributed by atoms with Gasteiger partial charge in [0.25, 0.3) is 0 Å². The Morgan fingerprint density at radius 1 is 1.07 bits per heavy atom. The molecule has 0 radical (unpaired) electrons. The third kappa shape index (κ3) is 3.46. The number of hydrogen-bond acceptors (Lipinski definition) is 4. The van der Waals surface area contributed by atoms with E-state index in [1.807, 2.05) is 36.4 Å². The summed E-state index contributed by atoms with van der Waals surface area (Å²) >= 11 is 0. The van der Waals surface area contributed by atoms with Crippen molar-refractivity contribution in [1.82, 2.24) is 9.55 Å². The normalized spacial score (nSPS) is 11.0. The number of hydrogen-bond donors (Lipinski definition) is 0. The van der Waals surface area contributed by atoms with Crippen LogP contribution in [-0.4, -0.2) is 22.3 Å². The van der Waals surface area contributed by atoms with Crippen molar-refractivity contribution in [2.75, 3.05) is 6.61 Å². The first-order valence-corrected chi connectivity index (χ1v) is 8.62. The fraction of sp³-hybridized carbons (Fsp3) is 0.143. The molecule has 0 N–H and O–H groups in total. The summed E-state index contributed by atoms with van der Waals surface area (Å²) in [5, 5.41) is 1.68. The second kappa shape index (κ2) is 7.07. The van der Waals surface area contributed by atoms with Gasteiger partial charge in [-0.1, -0.05) is 24.3 Å². The first-order chi connectivity index (χ1) is 13.1. The average molecular weight is 364 g/mol. The molecule has 0 bridgehead atoms. The molecule has 0 aliphatic heterocycles. The smallest absolute Gasteiger partial charge is 0.434 e. The number of rotatable bonds is 4. The maximum absolute atomic E-state index is 13.6. The Kier molecular flexibility index (Phi) is 4.46. The van der Waals surface area contributed by atoms with E-state index in [0.29, 0.717) is 11.9 Å². The van der Waals surface area contributed by atoms with Crippen molar-refractivity contribution < 1.29 is 18.7 Å². The van der Waals surface area contributed by atoms with Crippen LogP contribution in [0.4, 0.5) is 9.18 Å². The number of benzene rings is 2. The van der Waals surface area contributed by atoms with Gasteiger partial charge in [0.1, 0.15) is 5.82 Å². The zero-order chi connectivity index (χ0) is 18.8. The lowest BCUT2D eigenvalue weighted by molar-refractivity contribution is 0.101. The lowest BCUT2D eigenvalue weighted by atomic mass is 10.2. The van der Waals surface area contributed by atoms with E-state index in [9.17, 15) is 9.18 Å². The lowest BCUT2D eigenvalue weighted by Crippen LogP contribution is -2.13. The van der Waals surface area contributed by atoms with Crippen molar-refractivity contribution in [3.05, 3.63) is 72.2 Å². The summed E-state index contributed by atoms with van der Waals surface area (Å²) in [6.07, 6.45) is -0.798. The van der Waals surface area contributed by atoms with Gasteiger partial charge in [-0.3, -0.25) is 4.98 Å². The molecule has 0 saturated carbocycles. The van der Waals surface area contributed by atoms with Gasteiger partial charge in [0, 0.05) is 16.8 Å². The molecule has 2 aromatic heterocycles. The molecule has 136 valence electrons. The molecule has 4 rings (SSSR count). The Labute approximate surface area is 155 Å². The second-order valence-electron chi connectivity index (χ2n) is 6.05. The second-order valence-corrected chi connectivity index (χ2v) is 6.05. The van der Waals surface area contributed by atoms with Crippen molar-refractivity contribution >= 4 is 28.0 Å². The summed E-state index contributed by atoms with van der Waals surface area (Å²) in [6.45, 7) is 2.28. The predicted molar refractivity (Wildman–Crippen MR) is 100 cm³/mol. The van der Waals surface area contributed by atoms with E-state index in [1.165, 1.54) is 12.1 Å². The number of nitrogens with zero attached hydrogens (tertiary/aromatic N) is 2. The molecular formula is C21H17FN2O3. The van der Waals surface area contributed by atoms with Crippen LogP contribution in [0, 0.1) is 5.82 Å². The third-order valence-electron chi connectivity index (χ3n) is 4.25. The summed E-state index contributed by atoms with van der Waals surface area (Å²) in [5.41, 5.74) is 2.42. The van der Waals surface area contributed by atoms with Gasteiger partial charge in [-0.2, -0.15) is 0 Å². The standard InChI is InChI=1S/C21H17FN2O3/c1-2-26-21(25)27-20-12-15-11-16(22)8-10-19(15)24(20)13-17-9-7-14-5-3-4-6-18(14)23-17/h3-12H,2,13H2,1H3. The van der Waals surface area contributed by atoms with Gasteiger partial charge in [-0.25, -0.2) is 9.18 Å². The maximum atomic E-state index is 13.6. The lowest BCUT2D eigenvalue weighted by Gasteiger charge is -2.11. The molecule has 0 amide bonds. The van der Waals surface area contributed by atoms with Crippen molar-refractivity contribution in [2.24, 2.45) is 0 Å². The summed E-state index contributed by atoms with van der Waals surface area (Å²) in [4.78, 5) is 16.5. The Balaban J connectivity index is 1.76. The first kappa shape index (κ1) is 17.0. The van der Waals surface area contributed by atoms with Gasteiger partial charge in [-0.15, -0.1) is 0 Å². The highest BCUT2D eigenvalue weighted by atomic mass is 19.1. The van der Waals surface area contributed by atoms with Crippen LogP contribution in [0.5, 0.6) is 5.88 Å². The molecule has 0 aliphatic carbocycles. The molecule has 27 heavy (non-hydrogen) atoms. The monoisotopic (exact) mass is 364 g/mol. The van der Waals surface area contributed by atoms with Gasteiger partial charge < -0.3 is 14.0 Å². The minimum Gasteiger partial charge on any atom is -0.434 e. The van der Waals surface area contributed by atoms with Gasteiger partial charge in [0.05, 0.1) is 29.9 Å². The topological polar surface area (TPSA) is 53.4 Å². The molecule has 6 heteroatoms. The van der Waals surface area contributed by atoms with E-state index in [1.54, 1.807) is 23.6 Å². The summed E-state index contributed by atoms with van der Waals surface area (Å²) in [5.74, 6) is -0.0739. The van der Waals surface area contributed by atoms with Crippen LogP contribution in [0.2, 0.25) is 0 Å². The van der Waals surface area contributed by atoms with Crippen LogP contribution in [0.15, 0.2) is 60.7 Å². The molecular weight excluding hydrogens is 347 g/mol. The Hall–Kier alpha value is -3.41. The quantitative estimate of drug-likeness (QED) is 0.483. The molecule has 5 nitrogen and oxygen atoms in total. The fourth-order valence-electron chi connectivity index (χ4n) is 3.06. The number of pyridine rings is 1. The molecule has 2 aromatic carbocycles. The van der Waals surface area contributed by atoms with Gasteiger partial charge in [0.15, 0.2) is 0 Å². The van der Waals surface area contributed by atoms with Crippen LogP contribution in [0.1, 0.15) is 12.6 Å². The highest BCUT2D eigenvalue weighted by molar-refractivity contribution is 5.83. The number of carbonyl (C=O) groups excluding carboxylic acids is 1. The van der Waals surface area contributed by atoms with E-state index in [0.717, 1.165) is 22.1 Å². The molecule has 0 saturated heterocycles. The number of ether oxygens (including phenoxy) is 2. The predicted octanol–water partition coefficient (Wildman–Crippen LogP) is 4.91. The number of aromatic nitrogens is 2. The van der Waals surface area contributed by atoms with Crippen molar-refractivity contribution in [3.63, 3.8) is 0 Å². The highest BCUT2D eigenvalue weighted by Crippen LogP contribution is 2.28. The molecule has 0 unspecified atom stereocenters. The fourth-order valence-corrected chi connectivity index (χ4v) is 3.06. The minimum atomic E-state index is -0.798. The van der Waals surface area contributed by atoms with Crippen molar-refractivity contribution in [3.8, 4) is 5.88 Å². The number of para-hydroxylation sites is 1. The summed E-state index contributed by atoms with van der Waals surface area (Å²) in [6, 6.07) is 17.8. The van der Waals surface area contributed by atoms with Crippen LogP contribution >= 0.6 is 0 Å². The largest absolute Gasteiger partial charge is 0.515 e. The van der Waals surface area contributed by atoms with Crippen LogP contribution in [0.3, 0.4) is 0 Å². The van der Waals surface area contributed by atoms with E-state index >= 15 is 0 Å². The molecule has 0 fully saturated rings. The summed E-state index contributed by atoms with van der Waals surface area (Å²) in [7, 11) is 0. The molecule has 0 spiro atoms. The average Bonchev–Trinajstić information content (AvgIpc) is 2.98. The van der Waals surface area contributed by atoms with Gasteiger partial charge >= 0.3 is 6.16 Å². The van der Waals surface area contributed by atoms with E-state index < -0.39 is 6.16 Å². The molecule has 2 heterocycles. The SMILES string of the molecule is CCOC(=O)Oc1cc2cc(F)ccc2n1Cc1ccc2ccccc2n1. The number of halogens is 1. The van der Waals surface area contributed by atoms with E-state index in [-0.39, 0.29) is 18.3 Å². The van der Waals surface area contributed by atoms with E-state index in [2.05, 4.69) is 4.98 Å². The van der Waals surface area contributed by atoms with E-state index in [4.69, 9.17) is 9.47 Å². The molecule has 0 aliphatic rings. The molecule has 4 aromatic rings. The van der Waals surface area contributed by atoms with Crippen molar-refractivity contribution in [2.45, 2.75) is 13.5 Å². The Bertz CT molecular complexity index is 1140. The van der Waals surface area contributed by atoms with Crippen LogP contribution < -0.4 is 4.74 Å². The number of fused-ring (bicyclic) bond motifs is 2. The van der Waals surface area contributed by atoms with Gasteiger partial charge in [0.2, 0.25) is 5.88 Å². The first-order valence-electron chi connectivity index (χ1n) is 8.62. The van der Waals surface area contributed by atoms with Crippen LogP contribution in [0.25, 0.3) is 21.8 Å². The molecule has 0 atom stereocenters. The maximum Gasteiger partial charge on any atom is 0.515 e. The zero-order valence-corrected chi connectivity index (χ0v) is 14.7. The Morgan fingerprint density at radius 2 is 1.93 bits per heavy atom. The van der Waals surface area contributed by atoms with Gasteiger partial charge in [-0.05, 0) is 37.3 Å². The number of carbonyl (C=O) groups is 1. The summed E-state index contributed by atoms with van der Waals surface area (Å²) < 4.78 is 25.6. The third-order valence-corrected chi connectivity index (χ3v) is 4.25. The van der Waals surface area contributed by atoms with Crippen molar-refractivity contribution in [1.29, 1.82) is 0 Å². The van der Waals surface area contributed by atoms with Crippen LogP contribution in [-0.2, 0) is 11.3 Å². The highest BCUT2D eigenvalue weighted by Gasteiger charge is 2.16.